The summed E-state index contributed by atoms with van der Waals surface area (Å²) in [4.78, 5) is 26.3. The average Bonchev–Trinajstić information content (AvgIpc) is 2.64. The van der Waals surface area contributed by atoms with Gasteiger partial charge in [0.15, 0.2) is 5.78 Å². The fraction of sp³-hybridized carbons (Fsp3) is 0.467. The quantitative estimate of drug-likeness (QED) is 0.778. The van der Waals surface area contributed by atoms with Crippen molar-refractivity contribution in [3.05, 3.63) is 29.6 Å². The Kier molecular flexibility index (Phi) is 4.37. The molecule has 2 rings (SSSR count). The molecule has 108 valence electrons. The van der Waals surface area contributed by atoms with Crippen molar-refractivity contribution in [1.82, 2.24) is 4.90 Å². The molecule has 1 fully saturated rings. The van der Waals surface area contributed by atoms with Crippen LogP contribution in [-0.4, -0.2) is 42.8 Å². The largest absolute Gasteiger partial charge is 0.367 e. The summed E-state index contributed by atoms with van der Waals surface area (Å²) < 4.78 is 14.1. The number of hydrogen-bond donors (Lipinski definition) is 0. The Balaban J connectivity index is 2.15. The molecule has 4 nitrogen and oxygen atoms in total. The molecule has 20 heavy (non-hydrogen) atoms. The second-order valence-corrected chi connectivity index (χ2v) is 5.07. The van der Waals surface area contributed by atoms with Crippen LogP contribution in [0.3, 0.4) is 0 Å². The Morgan fingerprint density at radius 1 is 1.10 bits per heavy atom. The van der Waals surface area contributed by atoms with E-state index in [-0.39, 0.29) is 17.5 Å². The number of Topliss-reactive ketones (excluding diaryl/α,β-unsaturated/α-hetero) is 1. The highest BCUT2D eigenvalue weighted by molar-refractivity contribution is 5.94. The zero-order chi connectivity index (χ0) is 14.7. The van der Waals surface area contributed by atoms with Gasteiger partial charge in [0, 0.05) is 38.7 Å². The molecule has 5 heteroatoms. The van der Waals surface area contributed by atoms with Crippen molar-refractivity contribution in [3.8, 4) is 0 Å². The molecule has 0 saturated carbocycles. The third kappa shape index (κ3) is 3.15. The molecule has 1 aliphatic rings. The smallest absolute Gasteiger partial charge is 0.219 e. The molecule has 1 saturated heterocycles. The van der Waals surface area contributed by atoms with E-state index in [2.05, 4.69) is 0 Å². The third-order valence-electron chi connectivity index (χ3n) is 3.64. The molecule has 0 atom stereocenters. The van der Waals surface area contributed by atoms with E-state index in [0.717, 1.165) is 6.42 Å². The van der Waals surface area contributed by atoms with Crippen LogP contribution in [0.1, 0.15) is 30.6 Å². The van der Waals surface area contributed by atoms with Crippen LogP contribution in [0.5, 0.6) is 0 Å². The van der Waals surface area contributed by atoms with E-state index in [4.69, 9.17) is 0 Å². The molecule has 1 aromatic carbocycles. The highest BCUT2D eigenvalue weighted by atomic mass is 19.1. The van der Waals surface area contributed by atoms with Gasteiger partial charge in [0.1, 0.15) is 5.82 Å². The van der Waals surface area contributed by atoms with Gasteiger partial charge in [-0.15, -0.1) is 0 Å². The normalized spacial score (nSPS) is 15.9. The Morgan fingerprint density at radius 2 is 1.85 bits per heavy atom. The molecule has 0 bridgehead atoms. The summed E-state index contributed by atoms with van der Waals surface area (Å²) in [7, 11) is 0. The van der Waals surface area contributed by atoms with Crippen molar-refractivity contribution in [3.63, 3.8) is 0 Å². The fourth-order valence-corrected chi connectivity index (χ4v) is 2.46. The number of ketones is 1. The number of anilines is 1. The maximum Gasteiger partial charge on any atom is 0.219 e. The summed E-state index contributed by atoms with van der Waals surface area (Å²) in [6.07, 6.45) is 0.813. The van der Waals surface area contributed by atoms with Gasteiger partial charge >= 0.3 is 0 Å². The lowest BCUT2D eigenvalue weighted by molar-refractivity contribution is -0.128. The maximum atomic E-state index is 14.1. The summed E-state index contributed by atoms with van der Waals surface area (Å²) in [6.45, 7) is 5.60. The zero-order valence-electron chi connectivity index (χ0n) is 11.9. The van der Waals surface area contributed by atoms with E-state index in [1.165, 1.54) is 13.0 Å². The first-order chi connectivity index (χ1) is 9.49. The van der Waals surface area contributed by atoms with Gasteiger partial charge in [-0.25, -0.2) is 4.39 Å². The zero-order valence-corrected chi connectivity index (χ0v) is 11.9. The van der Waals surface area contributed by atoms with E-state index in [9.17, 15) is 14.0 Å². The van der Waals surface area contributed by atoms with Crippen molar-refractivity contribution in [2.45, 2.75) is 20.3 Å². The molecule has 0 aromatic heterocycles. The maximum absolute atomic E-state index is 14.1. The van der Waals surface area contributed by atoms with E-state index in [0.29, 0.717) is 37.4 Å². The summed E-state index contributed by atoms with van der Waals surface area (Å²) >= 11 is 0. The van der Waals surface area contributed by atoms with Crippen LogP contribution in [0.4, 0.5) is 10.1 Å². The van der Waals surface area contributed by atoms with Crippen molar-refractivity contribution >= 4 is 17.4 Å². The first-order valence-electron chi connectivity index (χ1n) is 6.80. The Labute approximate surface area is 118 Å². The number of halogens is 1. The second kappa shape index (κ2) is 6.03. The monoisotopic (exact) mass is 278 g/mol. The number of hydrogen-bond acceptors (Lipinski definition) is 3. The highest BCUT2D eigenvalue weighted by Gasteiger charge is 2.19. The van der Waals surface area contributed by atoms with Gasteiger partial charge in [0.05, 0.1) is 5.69 Å². The SMILES string of the molecule is CC(=O)c1ccc(N2CCCN(C(C)=O)CC2)c(F)c1. The number of carbonyl (C=O) groups is 2. The third-order valence-corrected chi connectivity index (χ3v) is 3.64. The van der Waals surface area contributed by atoms with Crippen LogP contribution in [0.2, 0.25) is 0 Å². The molecule has 0 unspecified atom stereocenters. The van der Waals surface area contributed by atoms with Crippen LogP contribution < -0.4 is 4.90 Å². The first-order valence-corrected chi connectivity index (χ1v) is 6.80. The van der Waals surface area contributed by atoms with Gasteiger partial charge in [-0.05, 0) is 31.5 Å². The van der Waals surface area contributed by atoms with Crippen molar-refractivity contribution < 1.29 is 14.0 Å². The first kappa shape index (κ1) is 14.5. The topological polar surface area (TPSA) is 40.6 Å². The molecular formula is C15H19FN2O2. The van der Waals surface area contributed by atoms with Crippen LogP contribution in [-0.2, 0) is 4.79 Å². The fourth-order valence-electron chi connectivity index (χ4n) is 2.46. The molecule has 0 spiro atoms. The number of rotatable bonds is 2. The lowest BCUT2D eigenvalue weighted by Crippen LogP contribution is -2.33. The Bertz CT molecular complexity index is 531. The van der Waals surface area contributed by atoms with Crippen LogP contribution in [0, 0.1) is 5.82 Å². The van der Waals surface area contributed by atoms with Gasteiger partial charge in [0.25, 0.3) is 0 Å². The standard InChI is InChI=1S/C15H19FN2O2/c1-11(19)13-4-5-15(14(16)10-13)18-7-3-6-17(8-9-18)12(2)20/h4-5,10H,3,6-9H2,1-2H3. The predicted octanol–water partition coefficient (Wildman–Crippen LogP) is 2.09. The van der Waals surface area contributed by atoms with Crippen LogP contribution >= 0.6 is 0 Å². The van der Waals surface area contributed by atoms with Crippen molar-refractivity contribution in [2.24, 2.45) is 0 Å². The van der Waals surface area contributed by atoms with Gasteiger partial charge in [-0.3, -0.25) is 9.59 Å². The van der Waals surface area contributed by atoms with E-state index >= 15 is 0 Å². The van der Waals surface area contributed by atoms with Gasteiger partial charge in [-0.1, -0.05) is 0 Å². The minimum Gasteiger partial charge on any atom is -0.367 e. The highest BCUT2D eigenvalue weighted by Crippen LogP contribution is 2.22. The number of benzene rings is 1. The molecule has 0 N–H and O–H groups in total. The summed E-state index contributed by atoms with van der Waals surface area (Å²) in [5.74, 6) is -0.470. The van der Waals surface area contributed by atoms with Crippen molar-refractivity contribution in [2.75, 3.05) is 31.1 Å². The Morgan fingerprint density at radius 3 is 2.45 bits per heavy atom. The Hall–Kier alpha value is -1.91. The molecular weight excluding hydrogens is 259 g/mol. The molecule has 0 aliphatic carbocycles. The average molecular weight is 278 g/mol. The second-order valence-electron chi connectivity index (χ2n) is 5.07. The van der Waals surface area contributed by atoms with E-state index in [1.807, 2.05) is 4.90 Å². The molecule has 1 amide bonds. The molecule has 1 aromatic rings. The summed E-state index contributed by atoms with van der Waals surface area (Å²) in [5.41, 5.74) is 0.881. The molecule has 1 heterocycles. The molecule has 1 aliphatic heterocycles. The molecule has 0 radical (unpaired) electrons. The number of carbonyl (C=O) groups excluding carboxylic acids is 2. The minimum atomic E-state index is -0.381. The van der Waals surface area contributed by atoms with Gasteiger partial charge in [0.2, 0.25) is 5.91 Å². The van der Waals surface area contributed by atoms with E-state index < -0.39 is 0 Å². The number of nitrogens with zero attached hydrogens (tertiary/aromatic N) is 2. The lowest BCUT2D eigenvalue weighted by Gasteiger charge is -2.24. The van der Waals surface area contributed by atoms with Crippen LogP contribution in [0.15, 0.2) is 18.2 Å². The van der Waals surface area contributed by atoms with Gasteiger partial charge < -0.3 is 9.80 Å². The number of amides is 1. The summed E-state index contributed by atoms with van der Waals surface area (Å²) in [6, 6.07) is 4.58. The van der Waals surface area contributed by atoms with Crippen molar-refractivity contribution in [1.29, 1.82) is 0 Å². The van der Waals surface area contributed by atoms with Gasteiger partial charge in [-0.2, -0.15) is 0 Å². The summed E-state index contributed by atoms with van der Waals surface area (Å²) in [5, 5.41) is 0. The minimum absolute atomic E-state index is 0.0549. The lowest BCUT2D eigenvalue weighted by atomic mass is 10.1. The van der Waals surface area contributed by atoms with E-state index in [1.54, 1.807) is 24.0 Å². The van der Waals surface area contributed by atoms with Crippen LogP contribution in [0.25, 0.3) is 0 Å². The predicted molar refractivity (Wildman–Crippen MR) is 75.5 cm³/mol.